The number of nitrogens with one attached hydrogen (secondary N) is 1. The molecule has 278 valence electrons. The highest BCUT2D eigenvalue weighted by Gasteiger charge is 2.39. The molecular formula is C43H73N2O4+. The smallest absolute Gasteiger partial charge is 0.336 e. The van der Waals surface area contributed by atoms with Crippen molar-refractivity contribution in [3.05, 3.63) is 52.6 Å². The molecule has 2 rings (SSSR count). The summed E-state index contributed by atoms with van der Waals surface area (Å²) in [6.45, 7) is 9.11. The summed E-state index contributed by atoms with van der Waals surface area (Å²) in [5, 5.41) is 3.30. The average Bonchev–Trinajstić information content (AvgIpc) is 3.08. The van der Waals surface area contributed by atoms with Gasteiger partial charge in [0.2, 0.25) is 0 Å². The molecule has 0 fully saturated rings. The van der Waals surface area contributed by atoms with Crippen LogP contribution in [0.1, 0.15) is 193 Å². The maximum atomic E-state index is 13.6. The molecule has 1 aromatic rings. The minimum Gasteiger partial charge on any atom is -0.462 e. The molecule has 1 N–H and O–H groups in total. The van der Waals surface area contributed by atoms with Gasteiger partial charge in [-0.05, 0) is 32.8 Å². The second kappa shape index (κ2) is 27.1. The van der Waals surface area contributed by atoms with E-state index in [1.54, 1.807) is 0 Å². The fourth-order valence-corrected chi connectivity index (χ4v) is 7.02. The van der Waals surface area contributed by atoms with Crippen molar-refractivity contribution >= 4 is 11.9 Å². The van der Waals surface area contributed by atoms with Crippen LogP contribution in [0.3, 0.4) is 0 Å². The molecule has 0 saturated carbocycles. The van der Waals surface area contributed by atoms with E-state index in [1.807, 2.05) is 50.0 Å². The first-order valence-electron chi connectivity index (χ1n) is 20.4. The number of carbonyl (C=O) groups is 2. The van der Waals surface area contributed by atoms with Gasteiger partial charge in [-0.25, -0.2) is 14.2 Å². The minimum atomic E-state index is -0.544. The van der Waals surface area contributed by atoms with E-state index in [9.17, 15) is 9.59 Å². The van der Waals surface area contributed by atoms with Crippen LogP contribution in [0.4, 0.5) is 0 Å². The van der Waals surface area contributed by atoms with Crippen LogP contribution < -0.4 is 9.88 Å². The Hall–Kier alpha value is -2.63. The summed E-state index contributed by atoms with van der Waals surface area (Å²) in [5.74, 6) is -1.26. The highest BCUT2D eigenvalue weighted by atomic mass is 16.5. The fourth-order valence-electron chi connectivity index (χ4n) is 7.02. The third-order valence-electron chi connectivity index (χ3n) is 9.96. The number of ether oxygens (including phenoxy) is 2. The molecule has 1 aliphatic rings. The lowest BCUT2D eigenvalue weighted by molar-refractivity contribution is -0.671. The number of hydrogen-bond acceptors (Lipinski definition) is 5. The molecule has 0 spiro atoms. The van der Waals surface area contributed by atoms with E-state index in [4.69, 9.17) is 9.47 Å². The monoisotopic (exact) mass is 682 g/mol. The maximum Gasteiger partial charge on any atom is 0.336 e. The second-order valence-corrected chi connectivity index (χ2v) is 14.5. The zero-order valence-corrected chi connectivity index (χ0v) is 32.4. The van der Waals surface area contributed by atoms with Crippen LogP contribution >= 0.6 is 0 Å². The summed E-state index contributed by atoms with van der Waals surface area (Å²) in [5.41, 5.74) is 3.32. The largest absolute Gasteiger partial charge is 0.462 e. The van der Waals surface area contributed by atoms with Crippen LogP contribution in [0.5, 0.6) is 0 Å². The Labute approximate surface area is 300 Å². The highest BCUT2D eigenvalue weighted by molar-refractivity contribution is 5.99. The number of hydrogen-bond donors (Lipinski definition) is 1. The number of pyridine rings is 1. The van der Waals surface area contributed by atoms with Gasteiger partial charge in [0.1, 0.15) is 7.05 Å². The number of nitrogens with zero attached hydrogens (tertiary/aromatic N) is 1. The third kappa shape index (κ3) is 17.7. The van der Waals surface area contributed by atoms with Crippen molar-refractivity contribution in [2.24, 2.45) is 7.05 Å². The lowest BCUT2D eigenvalue weighted by Crippen LogP contribution is -2.34. The molecule has 0 unspecified atom stereocenters. The average molecular weight is 682 g/mol. The van der Waals surface area contributed by atoms with Crippen LogP contribution in [0.25, 0.3) is 0 Å². The molecule has 49 heavy (non-hydrogen) atoms. The van der Waals surface area contributed by atoms with Crippen molar-refractivity contribution in [1.82, 2.24) is 5.32 Å². The van der Waals surface area contributed by atoms with Crippen LogP contribution in [-0.2, 0) is 26.1 Å². The lowest BCUT2D eigenvalue weighted by Gasteiger charge is -2.30. The molecule has 0 aliphatic carbocycles. The highest BCUT2D eigenvalue weighted by Crippen LogP contribution is 2.39. The molecule has 6 heteroatoms. The SMILES string of the molecule is CCCCCCCCCCCCCCOC(=O)C1=C(C)NC(C)=C(C(=O)OCCCCCCCCCCCCCC)C1c1ccc[n+](C)c1. The van der Waals surface area contributed by atoms with Gasteiger partial charge in [-0.3, -0.25) is 0 Å². The van der Waals surface area contributed by atoms with Crippen molar-refractivity contribution in [3.8, 4) is 0 Å². The lowest BCUT2D eigenvalue weighted by atomic mass is 9.81. The van der Waals surface area contributed by atoms with E-state index in [2.05, 4.69) is 19.2 Å². The molecule has 0 bridgehead atoms. The van der Waals surface area contributed by atoms with Crippen LogP contribution in [-0.4, -0.2) is 25.2 Å². The Morgan fingerprint density at radius 2 is 0.939 bits per heavy atom. The van der Waals surface area contributed by atoms with E-state index in [0.717, 1.165) is 42.6 Å². The summed E-state index contributed by atoms with van der Waals surface area (Å²) >= 11 is 0. The fraction of sp³-hybridized carbons (Fsp3) is 0.744. The van der Waals surface area contributed by atoms with Gasteiger partial charge in [0.25, 0.3) is 0 Å². The van der Waals surface area contributed by atoms with E-state index in [0.29, 0.717) is 24.4 Å². The molecule has 0 saturated heterocycles. The normalized spacial score (nSPS) is 13.6. The number of allylic oxidation sites excluding steroid dienone is 2. The molecule has 2 heterocycles. The predicted octanol–water partition coefficient (Wildman–Crippen LogP) is 11.2. The molecule has 0 amide bonds. The second-order valence-electron chi connectivity index (χ2n) is 14.5. The Balaban J connectivity index is 1.82. The summed E-state index contributed by atoms with van der Waals surface area (Å²) in [7, 11) is 1.95. The van der Waals surface area contributed by atoms with Gasteiger partial charge in [0.15, 0.2) is 12.4 Å². The van der Waals surface area contributed by atoms with Crippen molar-refractivity contribution in [2.45, 2.75) is 188 Å². The van der Waals surface area contributed by atoms with E-state index >= 15 is 0 Å². The van der Waals surface area contributed by atoms with E-state index in [-0.39, 0.29) is 11.9 Å². The molecule has 0 aromatic carbocycles. The summed E-state index contributed by atoms with van der Waals surface area (Å²) < 4.78 is 13.7. The van der Waals surface area contributed by atoms with Gasteiger partial charge in [-0.2, -0.15) is 0 Å². The van der Waals surface area contributed by atoms with Gasteiger partial charge < -0.3 is 14.8 Å². The van der Waals surface area contributed by atoms with Crippen molar-refractivity contribution in [3.63, 3.8) is 0 Å². The van der Waals surface area contributed by atoms with Crippen molar-refractivity contribution in [1.29, 1.82) is 0 Å². The molecule has 6 nitrogen and oxygen atoms in total. The molecule has 1 aromatic heterocycles. The zero-order chi connectivity index (χ0) is 35.5. The Kier molecular flexibility index (Phi) is 23.6. The number of aryl methyl sites for hydroxylation is 1. The Morgan fingerprint density at radius 3 is 1.29 bits per heavy atom. The third-order valence-corrected chi connectivity index (χ3v) is 9.96. The minimum absolute atomic E-state index is 0.358. The number of aromatic nitrogens is 1. The first-order chi connectivity index (χ1) is 23.9. The summed E-state index contributed by atoms with van der Waals surface area (Å²) in [4.78, 5) is 27.3. The Bertz CT molecular complexity index is 1060. The van der Waals surface area contributed by atoms with Crippen LogP contribution in [0.2, 0.25) is 0 Å². The molecule has 1 aliphatic heterocycles. The number of carbonyl (C=O) groups excluding carboxylic acids is 2. The van der Waals surface area contributed by atoms with E-state index in [1.165, 1.54) is 128 Å². The molecular weight excluding hydrogens is 608 g/mol. The number of esters is 2. The van der Waals surface area contributed by atoms with Gasteiger partial charge in [0.05, 0.1) is 30.3 Å². The topological polar surface area (TPSA) is 68.5 Å². The quantitative estimate of drug-likeness (QED) is 0.0518. The van der Waals surface area contributed by atoms with E-state index < -0.39 is 5.92 Å². The molecule has 0 atom stereocenters. The number of rotatable bonds is 29. The first-order valence-corrected chi connectivity index (χ1v) is 20.4. The first kappa shape index (κ1) is 42.5. The van der Waals surface area contributed by atoms with Gasteiger partial charge >= 0.3 is 11.9 Å². The van der Waals surface area contributed by atoms with Crippen molar-refractivity contribution < 1.29 is 23.6 Å². The van der Waals surface area contributed by atoms with Gasteiger partial charge in [-0.15, -0.1) is 0 Å². The molecule has 0 radical (unpaired) electrons. The van der Waals surface area contributed by atoms with Gasteiger partial charge in [0, 0.05) is 23.0 Å². The zero-order valence-electron chi connectivity index (χ0n) is 32.4. The number of dihydropyridines is 1. The van der Waals surface area contributed by atoms with Crippen LogP contribution in [0.15, 0.2) is 47.1 Å². The van der Waals surface area contributed by atoms with Crippen LogP contribution in [0, 0.1) is 0 Å². The predicted molar refractivity (Wildman–Crippen MR) is 203 cm³/mol. The van der Waals surface area contributed by atoms with Crippen molar-refractivity contribution in [2.75, 3.05) is 13.2 Å². The standard InChI is InChI=1S/C43H72N2O4/c1-6-8-10-12-14-16-18-20-22-24-26-28-33-48-42(46)39-36(3)44-37(4)40(41(39)38-31-30-32-45(5)35-38)43(47)49-34-29-27-25-23-21-19-17-15-13-11-9-7-2/h30-32,35,41H,6-29,33-34H2,1-5H3/p+1. The summed E-state index contributed by atoms with van der Waals surface area (Å²) in [6.07, 6.45) is 34.2. The van der Waals surface area contributed by atoms with Gasteiger partial charge in [-0.1, -0.05) is 155 Å². The summed E-state index contributed by atoms with van der Waals surface area (Å²) in [6, 6.07) is 3.93. The Morgan fingerprint density at radius 1 is 0.592 bits per heavy atom. The maximum absolute atomic E-state index is 13.6. The number of unbranched alkanes of at least 4 members (excludes halogenated alkanes) is 22.